The molecule has 203 valence electrons. The van der Waals surface area contributed by atoms with E-state index in [1.54, 1.807) is 0 Å². The Kier molecular flexibility index (Phi) is 7.10. The van der Waals surface area contributed by atoms with Crippen LogP contribution in [0.1, 0.15) is 47.2 Å². The van der Waals surface area contributed by atoms with Crippen LogP contribution in [-0.2, 0) is 34.5 Å². The second kappa shape index (κ2) is 10.1. The van der Waals surface area contributed by atoms with Crippen molar-refractivity contribution < 1.29 is 15.3 Å². The molecule has 0 saturated heterocycles. The SMILES string of the molecule is CC1=Cc2ccccc2[C]1(Cc1ccccc1)[Hf]([Cl])([Cl])([SiH](C)C)[C]1(Cc2ccccc2)C(C)=Cc2ccccc21. The van der Waals surface area contributed by atoms with Crippen molar-refractivity contribution in [3.8, 4) is 0 Å². The minimum atomic E-state index is -5.38. The van der Waals surface area contributed by atoms with Crippen molar-refractivity contribution >= 4 is 35.3 Å². The Labute approximate surface area is 248 Å². The maximum absolute atomic E-state index is 8.97. The zero-order valence-electron chi connectivity index (χ0n) is 23.8. The molecule has 0 aliphatic heterocycles. The summed E-state index contributed by atoms with van der Waals surface area (Å²) in [5.74, 6) is -1.76. The van der Waals surface area contributed by atoms with E-state index in [2.05, 4.69) is 148 Å². The van der Waals surface area contributed by atoms with Gasteiger partial charge >= 0.3 is 250 Å². The molecule has 0 radical (unpaired) electrons. The fraction of sp³-hybridized carbons (Fsp3) is 0.222. The van der Waals surface area contributed by atoms with Crippen LogP contribution in [0.3, 0.4) is 0 Å². The molecular weight excluding hydrogens is 710 g/mol. The standard InChI is InChI=1S/2C17H15.C2H7Si.2ClH.Hf/c2*1-13-11-15-9-5-6-10-16(15)17(13)12-14-7-3-2-4-8-14;1-3-2;;;/h2*2-11H,12H2,1H3;3H,1-2H3;2*1H;/q;;;;;+2/p-2. The predicted octanol–water partition coefficient (Wildman–Crippen LogP) is 10.1. The van der Waals surface area contributed by atoms with Gasteiger partial charge in [-0.1, -0.05) is 0 Å². The quantitative estimate of drug-likeness (QED) is 0.165. The Morgan fingerprint density at radius 1 is 0.550 bits per heavy atom. The van der Waals surface area contributed by atoms with Gasteiger partial charge in [0.15, 0.2) is 0 Å². The minimum absolute atomic E-state index is 0.431. The van der Waals surface area contributed by atoms with Crippen LogP contribution in [0.25, 0.3) is 12.2 Å². The van der Waals surface area contributed by atoms with Gasteiger partial charge < -0.3 is 0 Å². The molecule has 4 aromatic rings. The Morgan fingerprint density at radius 3 is 1.27 bits per heavy atom. The van der Waals surface area contributed by atoms with Gasteiger partial charge in [-0.05, 0) is 0 Å². The summed E-state index contributed by atoms with van der Waals surface area (Å²) in [6.45, 7) is 9.54. The van der Waals surface area contributed by atoms with Gasteiger partial charge in [0.25, 0.3) is 0 Å². The van der Waals surface area contributed by atoms with Gasteiger partial charge in [0.2, 0.25) is 0 Å². The van der Waals surface area contributed by atoms with E-state index >= 15 is 0 Å². The molecule has 2 aliphatic carbocycles. The van der Waals surface area contributed by atoms with Crippen LogP contribution in [0.15, 0.2) is 120 Å². The summed E-state index contributed by atoms with van der Waals surface area (Å²) in [5, 5.41) is 0. The first-order valence-electron chi connectivity index (χ1n) is 14.4. The summed E-state index contributed by atoms with van der Waals surface area (Å²) in [7, 11) is 17.9. The van der Waals surface area contributed by atoms with Gasteiger partial charge in [0.1, 0.15) is 0 Å². The van der Waals surface area contributed by atoms with Gasteiger partial charge in [-0.25, -0.2) is 0 Å². The van der Waals surface area contributed by atoms with Gasteiger partial charge in [0.05, 0.1) is 0 Å². The number of hydrogen-bond donors (Lipinski definition) is 0. The fourth-order valence-corrected chi connectivity index (χ4v) is 67.2. The molecule has 2 atom stereocenters. The van der Waals surface area contributed by atoms with Crippen LogP contribution in [0.2, 0.25) is 13.1 Å². The first-order chi connectivity index (χ1) is 19.2. The Balaban J connectivity index is 1.77. The zero-order valence-corrected chi connectivity index (χ0v) is 30.1. The molecule has 0 bridgehead atoms. The van der Waals surface area contributed by atoms with E-state index in [4.69, 9.17) is 17.2 Å². The number of fused-ring (bicyclic) bond motifs is 2. The van der Waals surface area contributed by atoms with Gasteiger partial charge in [0, 0.05) is 0 Å². The molecule has 0 nitrogen and oxygen atoms in total. The van der Waals surface area contributed by atoms with E-state index < -0.39 is 27.6 Å². The number of hydrogen-bond acceptors (Lipinski definition) is 0. The predicted molar refractivity (Wildman–Crippen MR) is 174 cm³/mol. The van der Waals surface area contributed by atoms with Crippen molar-refractivity contribution in [2.24, 2.45) is 0 Å². The molecule has 4 heteroatoms. The van der Waals surface area contributed by atoms with Crippen LogP contribution >= 0.6 is 17.2 Å². The van der Waals surface area contributed by atoms with Crippen LogP contribution in [0, 0.1) is 0 Å². The van der Waals surface area contributed by atoms with Crippen LogP contribution in [0.4, 0.5) is 0 Å². The van der Waals surface area contributed by atoms with Crippen molar-refractivity contribution in [1.29, 1.82) is 0 Å². The van der Waals surface area contributed by atoms with E-state index in [0.717, 1.165) is 12.8 Å². The summed E-state index contributed by atoms with van der Waals surface area (Å²) >= 11 is -5.38. The monoisotopic (exact) mass is 747 g/mol. The summed E-state index contributed by atoms with van der Waals surface area (Å²) in [6.07, 6.45) is 6.44. The summed E-state index contributed by atoms with van der Waals surface area (Å²) < 4.78 is -0.861. The number of allylic oxidation sites excluding steroid dienone is 2. The molecular formula is C36H37Cl2HfSi. The van der Waals surface area contributed by atoms with E-state index in [1.165, 1.54) is 44.5 Å². The molecule has 0 fully saturated rings. The first kappa shape index (κ1) is 28.2. The topological polar surface area (TPSA) is 0 Å². The Bertz CT molecular complexity index is 1520. The molecule has 6 rings (SSSR count). The third-order valence-corrected chi connectivity index (χ3v) is 91.4. The molecule has 2 aliphatic rings. The van der Waals surface area contributed by atoms with E-state index in [9.17, 15) is 0 Å². The Morgan fingerprint density at radius 2 is 0.900 bits per heavy atom. The third kappa shape index (κ3) is 3.65. The van der Waals surface area contributed by atoms with Crippen molar-refractivity contribution in [2.75, 3.05) is 0 Å². The van der Waals surface area contributed by atoms with Crippen molar-refractivity contribution in [3.63, 3.8) is 0 Å². The fourth-order valence-electron chi connectivity index (χ4n) is 8.32. The molecule has 0 heterocycles. The molecule has 0 aromatic heterocycles. The van der Waals surface area contributed by atoms with Gasteiger partial charge in [-0.15, -0.1) is 0 Å². The second-order valence-corrected chi connectivity index (χ2v) is 70.7. The zero-order chi connectivity index (χ0) is 28.2. The molecule has 40 heavy (non-hydrogen) atoms. The van der Waals surface area contributed by atoms with E-state index in [0.29, 0.717) is 0 Å². The molecule has 0 saturated carbocycles. The van der Waals surface area contributed by atoms with Crippen LogP contribution in [0.5, 0.6) is 0 Å². The van der Waals surface area contributed by atoms with E-state index in [-0.39, 0.29) is 0 Å². The summed E-state index contributed by atoms with van der Waals surface area (Å²) in [4.78, 5) is 0. The Hall–Kier alpha value is -1.97. The molecule has 0 spiro atoms. The average molecular weight is 747 g/mol. The van der Waals surface area contributed by atoms with Crippen molar-refractivity contribution in [1.82, 2.24) is 0 Å². The van der Waals surface area contributed by atoms with Gasteiger partial charge in [-0.2, -0.15) is 0 Å². The average Bonchev–Trinajstić information content (AvgIpc) is 3.41. The normalized spacial score (nSPS) is 22.7. The second-order valence-electron chi connectivity index (χ2n) is 12.2. The first-order valence-corrected chi connectivity index (χ1v) is 36.0. The van der Waals surface area contributed by atoms with Crippen LogP contribution in [-0.4, -0.2) is 5.98 Å². The number of halogens is 2. The molecule has 0 amide bonds. The van der Waals surface area contributed by atoms with E-state index in [1.807, 2.05) is 0 Å². The summed E-state index contributed by atoms with van der Waals surface area (Å²) in [5.41, 5.74) is 10.5. The maximum atomic E-state index is 8.97. The summed E-state index contributed by atoms with van der Waals surface area (Å²) in [6, 6.07) is 39.7. The number of rotatable bonds is 7. The van der Waals surface area contributed by atoms with Crippen molar-refractivity contribution in [2.45, 2.75) is 46.1 Å². The molecule has 0 N–H and O–H groups in total. The number of benzene rings is 4. The van der Waals surface area contributed by atoms with Crippen molar-refractivity contribution in [3.05, 3.63) is 154 Å². The molecule has 2 unspecified atom stereocenters. The van der Waals surface area contributed by atoms with Crippen LogP contribution < -0.4 is 0 Å². The third-order valence-electron chi connectivity index (χ3n) is 10.1. The molecule has 4 aromatic carbocycles. The van der Waals surface area contributed by atoms with Gasteiger partial charge in [-0.3, -0.25) is 0 Å².